The second-order valence-corrected chi connectivity index (χ2v) is 3.59. The number of amides is 1. The van der Waals surface area contributed by atoms with Crippen molar-refractivity contribution in [3.05, 3.63) is 29.6 Å². The summed E-state index contributed by atoms with van der Waals surface area (Å²) in [6.45, 7) is 1.34. The highest BCUT2D eigenvalue weighted by molar-refractivity contribution is 5.91. The van der Waals surface area contributed by atoms with Crippen molar-refractivity contribution >= 4 is 11.9 Å². The molecule has 1 rings (SSSR count). The Kier molecular flexibility index (Phi) is 4.47. The van der Waals surface area contributed by atoms with E-state index in [1.165, 1.54) is 14.0 Å². The maximum absolute atomic E-state index is 12.3. The van der Waals surface area contributed by atoms with Crippen LogP contribution < -0.4 is 5.32 Å². The topological polar surface area (TPSA) is 68.3 Å². The zero-order valence-corrected chi connectivity index (χ0v) is 10.1. The van der Waals surface area contributed by atoms with Crippen LogP contribution in [0.3, 0.4) is 0 Å². The molecule has 0 unspecified atom stereocenters. The van der Waals surface area contributed by atoms with Gasteiger partial charge >= 0.3 is 12.1 Å². The molecular weight excluding hydrogens is 265 g/mol. The van der Waals surface area contributed by atoms with Crippen LogP contribution in [0.5, 0.6) is 0 Å². The molecule has 0 aliphatic carbocycles. The number of ether oxygens (including phenoxy) is 1. The first kappa shape index (κ1) is 14.9. The van der Waals surface area contributed by atoms with Gasteiger partial charge in [0.15, 0.2) is 6.10 Å². The summed E-state index contributed by atoms with van der Waals surface area (Å²) >= 11 is 0. The molecule has 1 heterocycles. The van der Waals surface area contributed by atoms with Crippen LogP contribution in [0, 0.1) is 0 Å². The minimum atomic E-state index is -4.57. The molecule has 0 aromatic carbocycles. The van der Waals surface area contributed by atoms with Gasteiger partial charge < -0.3 is 10.1 Å². The van der Waals surface area contributed by atoms with E-state index in [1.807, 2.05) is 0 Å². The zero-order valence-electron chi connectivity index (χ0n) is 10.1. The molecule has 0 saturated heterocycles. The number of nitrogens with one attached hydrogen (secondary N) is 1. The number of hydrogen-bond acceptors (Lipinski definition) is 4. The van der Waals surface area contributed by atoms with Crippen LogP contribution in [0.1, 0.15) is 23.0 Å². The summed E-state index contributed by atoms with van der Waals surface area (Å²) in [6.07, 6.45) is -4.86. The smallest absolute Gasteiger partial charge is 0.433 e. The van der Waals surface area contributed by atoms with Gasteiger partial charge in [0.05, 0.1) is 5.56 Å². The Balaban J connectivity index is 2.76. The summed E-state index contributed by atoms with van der Waals surface area (Å²) in [7, 11) is 1.37. The highest BCUT2D eigenvalue weighted by Crippen LogP contribution is 2.27. The van der Waals surface area contributed by atoms with Crippen LogP contribution in [0.25, 0.3) is 0 Å². The Morgan fingerprint density at radius 1 is 1.37 bits per heavy atom. The Bertz CT molecular complexity index is 471. The van der Waals surface area contributed by atoms with Crippen molar-refractivity contribution in [2.45, 2.75) is 19.2 Å². The molecule has 1 N–H and O–H groups in total. The fraction of sp³-hybridized carbons (Fsp3) is 0.364. The largest absolute Gasteiger partial charge is 0.449 e. The lowest BCUT2D eigenvalue weighted by Gasteiger charge is -2.11. The van der Waals surface area contributed by atoms with Gasteiger partial charge in [0.1, 0.15) is 5.69 Å². The number of pyridine rings is 1. The monoisotopic (exact) mass is 276 g/mol. The molecule has 0 saturated carbocycles. The van der Waals surface area contributed by atoms with Crippen molar-refractivity contribution in [3.63, 3.8) is 0 Å². The fourth-order valence-electron chi connectivity index (χ4n) is 1.17. The van der Waals surface area contributed by atoms with Gasteiger partial charge in [-0.2, -0.15) is 13.2 Å². The van der Waals surface area contributed by atoms with E-state index in [-0.39, 0.29) is 5.56 Å². The molecular formula is C11H11F3N2O3. The number of aromatic nitrogens is 1. The number of nitrogens with zero attached hydrogens (tertiary/aromatic N) is 1. The molecule has 1 aromatic rings. The minimum Gasteiger partial charge on any atom is -0.449 e. The Hall–Kier alpha value is -2.12. The van der Waals surface area contributed by atoms with Crippen LogP contribution in [0.4, 0.5) is 13.2 Å². The summed E-state index contributed by atoms with van der Waals surface area (Å²) < 4.78 is 41.5. The van der Waals surface area contributed by atoms with E-state index in [4.69, 9.17) is 4.74 Å². The third kappa shape index (κ3) is 3.94. The predicted octanol–water partition coefficient (Wildman–Crippen LogP) is 1.39. The fourth-order valence-corrected chi connectivity index (χ4v) is 1.17. The summed E-state index contributed by atoms with van der Waals surface area (Å²) in [5.74, 6) is -1.44. The zero-order chi connectivity index (χ0) is 14.6. The first-order valence-electron chi connectivity index (χ1n) is 5.21. The average Bonchev–Trinajstić information content (AvgIpc) is 2.36. The molecule has 0 aliphatic heterocycles. The van der Waals surface area contributed by atoms with Crippen molar-refractivity contribution in [1.82, 2.24) is 10.3 Å². The number of rotatable bonds is 3. The number of carbonyl (C=O) groups is 2. The lowest BCUT2D eigenvalue weighted by molar-refractivity contribution is -0.141. The minimum absolute atomic E-state index is 0.163. The highest BCUT2D eigenvalue weighted by Gasteiger charge is 2.32. The molecule has 0 spiro atoms. The van der Waals surface area contributed by atoms with E-state index in [1.54, 1.807) is 0 Å². The third-order valence-electron chi connectivity index (χ3n) is 2.19. The van der Waals surface area contributed by atoms with Gasteiger partial charge in [0.2, 0.25) is 0 Å². The van der Waals surface area contributed by atoms with E-state index in [9.17, 15) is 22.8 Å². The molecule has 19 heavy (non-hydrogen) atoms. The van der Waals surface area contributed by atoms with Crippen molar-refractivity contribution in [3.8, 4) is 0 Å². The maximum Gasteiger partial charge on any atom is 0.433 e. The van der Waals surface area contributed by atoms with E-state index in [2.05, 4.69) is 10.3 Å². The SMILES string of the molecule is CNC(=O)[C@H](C)OC(=O)c1ccc(C(F)(F)F)nc1. The second-order valence-electron chi connectivity index (χ2n) is 3.59. The summed E-state index contributed by atoms with van der Waals surface area (Å²) in [5.41, 5.74) is -1.27. The number of carbonyl (C=O) groups excluding carboxylic acids is 2. The molecule has 104 valence electrons. The van der Waals surface area contributed by atoms with Crippen LogP contribution in [0.2, 0.25) is 0 Å². The first-order valence-corrected chi connectivity index (χ1v) is 5.21. The van der Waals surface area contributed by atoms with Crippen molar-refractivity contribution in [1.29, 1.82) is 0 Å². The van der Waals surface area contributed by atoms with Crippen LogP contribution in [0.15, 0.2) is 18.3 Å². The summed E-state index contributed by atoms with van der Waals surface area (Å²) in [6, 6.07) is 1.61. The van der Waals surface area contributed by atoms with E-state index in [0.717, 1.165) is 12.3 Å². The van der Waals surface area contributed by atoms with E-state index >= 15 is 0 Å². The van der Waals surface area contributed by atoms with Crippen LogP contribution in [-0.2, 0) is 15.7 Å². The van der Waals surface area contributed by atoms with Gasteiger partial charge in [-0.25, -0.2) is 4.79 Å². The number of esters is 1. The summed E-state index contributed by atoms with van der Waals surface area (Å²) in [4.78, 5) is 25.7. The highest BCUT2D eigenvalue weighted by atomic mass is 19.4. The van der Waals surface area contributed by atoms with E-state index in [0.29, 0.717) is 6.07 Å². The Labute approximate surface area is 106 Å². The Morgan fingerprint density at radius 3 is 2.42 bits per heavy atom. The quantitative estimate of drug-likeness (QED) is 0.847. The van der Waals surface area contributed by atoms with Crippen LogP contribution in [-0.4, -0.2) is 30.0 Å². The van der Waals surface area contributed by atoms with Crippen molar-refractivity contribution in [2.75, 3.05) is 7.05 Å². The molecule has 0 aliphatic rings. The van der Waals surface area contributed by atoms with Crippen LogP contribution >= 0.6 is 0 Å². The third-order valence-corrected chi connectivity index (χ3v) is 2.19. The molecule has 1 amide bonds. The van der Waals surface area contributed by atoms with Gasteiger partial charge in [-0.05, 0) is 19.1 Å². The summed E-state index contributed by atoms with van der Waals surface area (Å²) in [5, 5.41) is 2.27. The number of alkyl halides is 3. The number of likely N-dealkylation sites (N-methyl/N-ethyl adjacent to an activating group) is 1. The Morgan fingerprint density at radius 2 is 2.00 bits per heavy atom. The second kappa shape index (κ2) is 5.68. The van der Waals surface area contributed by atoms with Crippen molar-refractivity contribution < 1.29 is 27.5 Å². The van der Waals surface area contributed by atoms with Gasteiger partial charge in [0, 0.05) is 13.2 Å². The van der Waals surface area contributed by atoms with E-state index < -0.39 is 29.9 Å². The average molecular weight is 276 g/mol. The number of hydrogen-bond donors (Lipinski definition) is 1. The molecule has 0 fully saturated rings. The van der Waals surface area contributed by atoms with Gasteiger partial charge in [0.25, 0.3) is 5.91 Å². The normalized spacial score (nSPS) is 12.7. The molecule has 1 atom stereocenters. The lowest BCUT2D eigenvalue weighted by Crippen LogP contribution is -2.33. The lowest BCUT2D eigenvalue weighted by atomic mass is 10.2. The molecule has 5 nitrogen and oxygen atoms in total. The van der Waals surface area contributed by atoms with Gasteiger partial charge in [-0.1, -0.05) is 0 Å². The number of halogens is 3. The van der Waals surface area contributed by atoms with Gasteiger partial charge in [-0.15, -0.1) is 0 Å². The molecule has 1 aromatic heterocycles. The van der Waals surface area contributed by atoms with Crippen molar-refractivity contribution in [2.24, 2.45) is 0 Å². The molecule has 0 radical (unpaired) electrons. The molecule has 8 heteroatoms. The standard InChI is InChI=1S/C11H11F3N2O3/c1-6(9(17)15-2)19-10(18)7-3-4-8(16-5-7)11(12,13)14/h3-6H,1-2H3,(H,15,17)/t6-/m0/s1. The first-order chi connectivity index (χ1) is 8.75. The molecule has 0 bridgehead atoms. The maximum atomic E-state index is 12.3. The predicted molar refractivity (Wildman–Crippen MR) is 58.2 cm³/mol. The van der Waals surface area contributed by atoms with Gasteiger partial charge in [-0.3, -0.25) is 9.78 Å².